The van der Waals surface area contributed by atoms with Gasteiger partial charge >= 0.3 is 6.18 Å². The van der Waals surface area contributed by atoms with Gasteiger partial charge in [0, 0.05) is 6.04 Å². The highest BCUT2D eigenvalue weighted by molar-refractivity contribution is 7.98. The number of unbranched alkanes of at least 4 members (excludes halogenated alkanes) is 1. The van der Waals surface area contributed by atoms with Crippen LogP contribution in [0.15, 0.2) is 30.3 Å². The Bertz CT molecular complexity index is 340. The van der Waals surface area contributed by atoms with Gasteiger partial charge in [-0.05, 0) is 37.0 Å². The molecule has 1 aromatic rings. The zero-order valence-corrected chi connectivity index (χ0v) is 11.9. The number of halogens is 3. The van der Waals surface area contributed by atoms with E-state index in [9.17, 15) is 13.2 Å². The molecule has 0 spiro atoms. The van der Waals surface area contributed by atoms with E-state index in [0.29, 0.717) is 12.1 Å². The number of hydrogen-bond acceptors (Lipinski definition) is 2. The summed E-state index contributed by atoms with van der Waals surface area (Å²) in [4.78, 5) is 0. The second kappa shape index (κ2) is 8.48. The Kier molecular flexibility index (Phi) is 7.31. The number of hydrogen-bond donors (Lipinski definition) is 1. The molecule has 0 heterocycles. The van der Waals surface area contributed by atoms with Crippen LogP contribution in [0, 0.1) is 0 Å². The summed E-state index contributed by atoms with van der Waals surface area (Å²) in [5.41, 5.74) is 0.699. The van der Waals surface area contributed by atoms with E-state index < -0.39 is 18.6 Å². The van der Waals surface area contributed by atoms with Crippen LogP contribution < -0.4 is 5.32 Å². The fraction of sp³-hybridized carbons (Fsp3) is 0.571. The van der Waals surface area contributed by atoms with E-state index in [1.807, 2.05) is 12.3 Å². The summed E-state index contributed by atoms with van der Waals surface area (Å²) in [5, 5.41) is 3.02. The molecule has 0 aliphatic rings. The molecule has 0 amide bonds. The van der Waals surface area contributed by atoms with E-state index in [0.717, 1.165) is 18.6 Å². The normalized spacial score (nSPS) is 13.5. The molecular formula is C14H20F3NS. The van der Waals surface area contributed by atoms with Crippen molar-refractivity contribution in [2.24, 2.45) is 0 Å². The Hall–Kier alpha value is -0.680. The third-order valence-corrected chi connectivity index (χ3v) is 3.50. The fourth-order valence-electron chi connectivity index (χ4n) is 1.87. The minimum absolute atomic E-state index is 0.621. The first-order valence-electron chi connectivity index (χ1n) is 6.37. The van der Waals surface area contributed by atoms with Gasteiger partial charge in [-0.15, -0.1) is 0 Å². The summed E-state index contributed by atoms with van der Waals surface area (Å²) in [7, 11) is 0. The monoisotopic (exact) mass is 291 g/mol. The zero-order valence-electron chi connectivity index (χ0n) is 11.0. The summed E-state index contributed by atoms with van der Waals surface area (Å²) >= 11 is 1.76. The molecule has 1 nitrogen and oxygen atoms in total. The van der Waals surface area contributed by atoms with E-state index in [-0.39, 0.29) is 0 Å². The predicted octanol–water partition coefficient (Wildman–Crippen LogP) is 4.41. The van der Waals surface area contributed by atoms with Gasteiger partial charge in [-0.25, -0.2) is 0 Å². The smallest absolute Gasteiger partial charge is 0.310 e. The number of alkyl halides is 3. The van der Waals surface area contributed by atoms with Crippen LogP contribution in [0.3, 0.4) is 0 Å². The molecule has 1 atom stereocenters. The maximum Gasteiger partial charge on any atom is 0.390 e. The summed E-state index contributed by atoms with van der Waals surface area (Å²) < 4.78 is 37.7. The van der Waals surface area contributed by atoms with Crippen molar-refractivity contribution < 1.29 is 13.2 Å². The first kappa shape index (κ1) is 16.4. The lowest BCUT2D eigenvalue weighted by atomic mass is 10.0. The quantitative estimate of drug-likeness (QED) is 0.712. The number of thioether (sulfide) groups is 1. The first-order chi connectivity index (χ1) is 9.03. The van der Waals surface area contributed by atoms with Crippen molar-refractivity contribution in [3.05, 3.63) is 35.9 Å². The Morgan fingerprint density at radius 1 is 1.16 bits per heavy atom. The van der Waals surface area contributed by atoms with E-state index >= 15 is 0 Å². The highest BCUT2D eigenvalue weighted by atomic mass is 32.2. The minimum Gasteiger partial charge on any atom is -0.310 e. The maximum atomic E-state index is 12.6. The van der Waals surface area contributed by atoms with Crippen molar-refractivity contribution in [3.63, 3.8) is 0 Å². The lowest BCUT2D eigenvalue weighted by Gasteiger charge is -2.20. The Morgan fingerprint density at radius 3 is 2.42 bits per heavy atom. The van der Waals surface area contributed by atoms with Gasteiger partial charge in [-0.1, -0.05) is 30.3 Å². The molecule has 5 heteroatoms. The topological polar surface area (TPSA) is 12.0 Å². The number of benzene rings is 1. The SMILES string of the molecule is CSCCCCNC(CC(F)(F)F)c1ccccc1. The van der Waals surface area contributed by atoms with Gasteiger partial charge in [0.15, 0.2) is 0 Å². The Labute approximate surface area is 117 Å². The molecular weight excluding hydrogens is 271 g/mol. The minimum atomic E-state index is -4.15. The highest BCUT2D eigenvalue weighted by Crippen LogP contribution is 2.29. The molecule has 19 heavy (non-hydrogen) atoms. The highest BCUT2D eigenvalue weighted by Gasteiger charge is 2.32. The molecule has 0 aliphatic heterocycles. The molecule has 1 unspecified atom stereocenters. The molecule has 0 radical (unpaired) electrons. The van der Waals surface area contributed by atoms with Crippen LogP contribution in [0.1, 0.15) is 30.9 Å². The van der Waals surface area contributed by atoms with Crippen LogP contribution in [0.4, 0.5) is 13.2 Å². The van der Waals surface area contributed by atoms with Gasteiger partial charge in [0.25, 0.3) is 0 Å². The van der Waals surface area contributed by atoms with Crippen molar-refractivity contribution in [1.29, 1.82) is 0 Å². The van der Waals surface area contributed by atoms with Crippen LogP contribution in [0.5, 0.6) is 0 Å². The molecule has 0 fully saturated rings. The second-order valence-electron chi connectivity index (χ2n) is 4.44. The fourth-order valence-corrected chi connectivity index (χ4v) is 2.37. The molecule has 108 valence electrons. The van der Waals surface area contributed by atoms with Gasteiger partial charge in [-0.2, -0.15) is 24.9 Å². The van der Waals surface area contributed by atoms with Gasteiger partial charge in [0.2, 0.25) is 0 Å². The Balaban J connectivity index is 2.51. The van der Waals surface area contributed by atoms with Crippen molar-refractivity contribution in [2.75, 3.05) is 18.6 Å². The van der Waals surface area contributed by atoms with Crippen LogP contribution in [-0.4, -0.2) is 24.7 Å². The summed E-state index contributed by atoms with van der Waals surface area (Å²) in [6, 6.07) is 8.20. The van der Waals surface area contributed by atoms with Crippen LogP contribution >= 0.6 is 11.8 Å². The number of nitrogens with one attached hydrogen (secondary N) is 1. The molecule has 0 saturated heterocycles. The summed E-state index contributed by atoms with van der Waals surface area (Å²) in [5.74, 6) is 1.05. The van der Waals surface area contributed by atoms with Crippen molar-refractivity contribution >= 4 is 11.8 Å². The standard InChI is InChI=1S/C14H20F3NS/c1-19-10-6-5-9-18-13(11-14(15,16)17)12-7-3-2-4-8-12/h2-4,7-8,13,18H,5-6,9-11H2,1H3. The average Bonchev–Trinajstić information content (AvgIpc) is 2.37. The summed E-state index contributed by atoms with van der Waals surface area (Å²) in [6.45, 7) is 0.621. The zero-order chi connectivity index (χ0) is 14.1. The van der Waals surface area contributed by atoms with Crippen LogP contribution in [0.2, 0.25) is 0 Å². The van der Waals surface area contributed by atoms with E-state index in [4.69, 9.17) is 0 Å². The van der Waals surface area contributed by atoms with Crippen LogP contribution in [0.25, 0.3) is 0 Å². The van der Waals surface area contributed by atoms with Crippen LogP contribution in [-0.2, 0) is 0 Å². The third-order valence-electron chi connectivity index (χ3n) is 2.80. The molecule has 0 aliphatic carbocycles. The lowest BCUT2D eigenvalue weighted by Crippen LogP contribution is -2.27. The second-order valence-corrected chi connectivity index (χ2v) is 5.42. The molecule has 0 aromatic heterocycles. The van der Waals surface area contributed by atoms with E-state index in [2.05, 4.69) is 5.32 Å². The predicted molar refractivity (Wildman–Crippen MR) is 75.5 cm³/mol. The molecule has 1 rings (SSSR count). The van der Waals surface area contributed by atoms with Crippen molar-refractivity contribution in [3.8, 4) is 0 Å². The van der Waals surface area contributed by atoms with Gasteiger partial charge in [0.1, 0.15) is 0 Å². The average molecular weight is 291 g/mol. The number of rotatable bonds is 8. The lowest BCUT2D eigenvalue weighted by molar-refractivity contribution is -0.140. The molecule has 1 aromatic carbocycles. The molecule has 0 saturated carbocycles. The summed E-state index contributed by atoms with van der Waals surface area (Å²) in [6.07, 6.45) is -1.00. The molecule has 0 bridgehead atoms. The maximum absolute atomic E-state index is 12.6. The van der Waals surface area contributed by atoms with Gasteiger partial charge in [0.05, 0.1) is 6.42 Å². The van der Waals surface area contributed by atoms with E-state index in [1.54, 1.807) is 36.0 Å². The van der Waals surface area contributed by atoms with Gasteiger partial charge in [-0.3, -0.25) is 0 Å². The molecule has 1 N–H and O–H groups in total. The van der Waals surface area contributed by atoms with Gasteiger partial charge < -0.3 is 5.32 Å². The largest absolute Gasteiger partial charge is 0.390 e. The van der Waals surface area contributed by atoms with Crippen molar-refractivity contribution in [2.45, 2.75) is 31.5 Å². The first-order valence-corrected chi connectivity index (χ1v) is 7.76. The Morgan fingerprint density at radius 2 is 1.84 bits per heavy atom. The van der Waals surface area contributed by atoms with E-state index in [1.165, 1.54) is 0 Å². The third kappa shape index (κ3) is 7.47. The van der Waals surface area contributed by atoms with Crippen molar-refractivity contribution in [1.82, 2.24) is 5.32 Å².